The number of nitrogens with zero attached hydrogens (tertiary/aromatic N) is 1. The van der Waals surface area contributed by atoms with Crippen LogP contribution in [0, 0.1) is 0 Å². The van der Waals surface area contributed by atoms with Crippen molar-refractivity contribution in [2.75, 3.05) is 7.05 Å². The van der Waals surface area contributed by atoms with E-state index in [1.54, 1.807) is 19.2 Å². The largest absolute Gasteiger partial charge is 0.243 e. The van der Waals surface area contributed by atoms with Gasteiger partial charge in [-0.1, -0.05) is 66.7 Å². The predicted octanol–water partition coefficient (Wildman–Crippen LogP) is 3.66. The Kier molecular flexibility index (Phi) is 3.96. The lowest BCUT2D eigenvalue weighted by atomic mass is 10.1. The van der Waals surface area contributed by atoms with E-state index in [-0.39, 0.29) is 0 Å². The van der Waals surface area contributed by atoms with Crippen molar-refractivity contribution < 1.29 is 8.42 Å². The molecule has 0 fully saturated rings. The molecule has 0 bridgehead atoms. The van der Waals surface area contributed by atoms with E-state index >= 15 is 0 Å². The number of rotatable bonds is 4. The summed E-state index contributed by atoms with van der Waals surface area (Å²) >= 11 is 0. The van der Waals surface area contributed by atoms with Crippen LogP contribution in [-0.2, 0) is 16.6 Å². The van der Waals surface area contributed by atoms with E-state index in [1.807, 2.05) is 60.7 Å². The maximum atomic E-state index is 12.9. The molecule has 0 radical (unpaired) electrons. The maximum absolute atomic E-state index is 12.9. The Morgan fingerprint density at radius 2 is 1.45 bits per heavy atom. The van der Waals surface area contributed by atoms with Gasteiger partial charge in [-0.2, -0.15) is 4.31 Å². The minimum Gasteiger partial charge on any atom is -0.207 e. The number of hydrogen-bond acceptors (Lipinski definition) is 2. The molecule has 0 amide bonds. The predicted molar refractivity (Wildman–Crippen MR) is 89.0 cm³/mol. The molecule has 22 heavy (non-hydrogen) atoms. The summed E-state index contributed by atoms with van der Waals surface area (Å²) in [5.74, 6) is 0. The van der Waals surface area contributed by atoms with Gasteiger partial charge >= 0.3 is 0 Å². The molecule has 0 aliphatic heterocycles. The average Bonchev–Trinajstić information content (AvgIpc) is 2.55. The zero-order valence-electron chi connectivity index (χ0n) is 12.3. The van der Waals surface area contributed by atoms with Crippen molar-refractivity contribution in [3.8, 4) is 0 Å². The van der Waals surface area contributed by atoms with Crippen LogP contribution in [0.4, 0.5) is 0 Å². The lowest BCUT2D eigenvalue weighted by Gasteiger charge is -2.18. The lowest BCUT2D eigenvalue weighted by Crippen LogP contribution is -2.26. The third-order valence-electron chi connectivity index (χ3n) is 3.69. The molecule has 3 nitrogen and oxygen atoms in total. The molecule has 0 saturated heterocycles. The molecule has 3 aromatic rings. The molecule has 3 aromatic carbocycles. The number of fused-ring (bicyclic) bond motifs is 1. The summed E-state index contributed by atoms with van der Waals surface area (Å²) in [5.41, 5.74) is 0.966. The van der Waals surface area contributed by atoms with Gasteiger partial charge in [0.2, 0.25) is 10.0 Å². The first-order valence-corrected chi connectivity index (χ1v) is 8.51. The monoisotopic (exact) mass is 311 g/mol. The molecule has 0 N–H and O–H groups in total. The summed E-state index contributed by atoms with van der Waals surface area (Å²) in [4.78, 5) is 0.351. The highest BCUT2D eigenvalue weighted by molar-refractivity contribution is 7.89. The van der Waals surface area contributed by atoms with Gasteiger partial charge in [-0.15, -0.1) is 0 Å². The molecule has 0 aromatic heterocycles. The SMILES string of the molecule is CN(Cc1ccccc1)S(=O)(=O)c1cccc2ccccc12. The molecule has 3 rings (SSSR count). The Morgan fingerprint density at radius 3 is 2.23 bits per heavy atom. The molecule has 0 aliphatic carbocycles. The summed E-state index contributed by atoms with van der Waals surface area (Å²) in [6, 6.07) is 22.5. The smallest absolute Gasteiger partial charge is 0.207 e. The first-order chi connectivity index (χ1) is 10.6. The fourth-order valence-electron chi connectivity index (χ4n) is 2.51. The van der Waals surface area contributed by atoms with Crippen LogP contribution in [0.5, 0.6) is 0 Å². The number of hydrogen-bond donors (Lipinski definition) is 0. The highest BCUT2D eigenvalue weighted by atomic mass is 32.2. The van der Waals surface area contributed by atoms with Gasteiger partial charge in [0.25, 0.3) is 0 Å². The van der Waals surface area contributed by atoms with Crippen molar-refractivity contribution in [3.05, 3.63) is 78.4 Å². The van der Waals surface area contributed by atoms with Crippen molar-refractivity contribution in [1.82, 2.24) is 4.31 Å². The fraction of sp³-hybridized carbons (Fsp3) is 0.111. The van der Waals surface area contributed by atoms with E-state index in [9.17, 15) is 8.42 Å². The Morgan fingerprint density at radius 1 is 0.818 bits per heavy atom. The molecule has 0 heterocycles. The first kappa shape index (κ1) is 14.8. The van der Waals surface area contributed by atoms with Crippen molar-refractivity contribution >= 4 is 20.8 Å². The second-order valence-electron chi connectivity index (χ2n) is 5.22. The van der Waals surface area contributed by atoms with Gasteiger partial charge < -0.3 is 0 Å². The van der Waals surface area contributed by atoms with E-state index in [0.717, 1.165) is 16.3 Å². The molecule has 0 atom stereocenters. The molecule has 4 heteroatoms. The molecular weight excluding hydrogens is 294 g/mol. The summed E-state index contributed by atoms with van der Waals surface area (Å²) in [7, 11) is -1.92. The second kappa shape index (κ2) is 5.91. The molecule has 0 aliphatic rings. The minimum atomic E-state index is -3.53. The number of benzene rings is 3. The maximum Gasteiger partial charge on any atom is 0.243 e. The quantitative estimate of drug-likeness (QED) is 0.737. The zero-order valence-corrected chi connectivity index (χ0v) is 13.1. The second-order valence-corrected chi connectivity index (χ2v) is 7.24. The van der Waals surface area contributed by atoms with Crippen LogP contribution in [0.3, 0.4) is 0 Å². The number of sulfonamides is 1. The van der Waals surface area contributed by atoms with Gasteiger partial charge in [0.15, 0.2) is 0 Å². The van der Waals surface area contributed by atoms with Gasteiger partial charge in [-0.3, -0.25) is 0 Å². The fourth-order valence-corrected chi connectivity index (χ4v) is 3.88. The van der Waals surface area contributed by atoms with Crippen molar-refractivity contribution in [3.63, 3.8) is 0 Å². The average molecular weight is 311 g/mol. The Labute approximate surface area is 130 Å². The molecule has 0 saturated carbocycles. The van der Waals surface area contributed by atoms with Crippen LogP contribution in [0.1, 0.15) is 5.56 Å². The van der Waals surface area contributed by atoms with Crippen LogP contribution < -0.4 is 0 Å². The Bertz CT molecular complexity index is 884. The topological polar surface area (TPSA) is 37.4 Å². The summed E-state index contributed by atoms with van der Waals surface area (Å²) in [6.07, 6.45) is 0. The lowest BCUT2D eigenvalue weighted by molar-refractivity contribution is 0.467. The highest BCUT2D eigenvalue weighted by Crippen LogP contribution is 2.25. The van der Waals surface area contributed by atoms with E-state index < -0.39 is 10.0 Å². The van der Waals surface area contributed by atoms with Gasteiger partial charge in [0.1, 0.15) is 0 Å². The van der Waals surface area contributed by atoms with Gasteiger partial charge in [-0.05, 0) is 17.0 Å². The van der Waals surface area contributed by atoms with Crippen LogP contribution in [-0.4, -0.2) is 19.8 Å². The minimum absolute atomic E-state index is 0.351. The van der Waals surface area contributed by atoms with E-state index in [4.69, 9.17) is 0 Å². The summed E-state index contributed by atoms with van der Waals surface area (Å²) in [6.45, 7) is 0.354. The Balaban J connectivity index is 2.01. The van der Waals surface area contributed by atoms with Crippen molar-refractivity contribution in [2.45, 2.75) is 11.4 Å². The molecule has 112 valence electrons. The molecular formula is C18H17NO2S. The molecule has 0 spiro atoms. The van der Waals surface area contributed by atoms with Gasteiger partial charge in [0, 0.05) is 19.0 Å². The van der Waals surface area contributed by atoms with E-state index in [2.05, 4.69) is 0 Å². The zero-order chi connectivity index (χ0) is 15.6. The van der Waals surface area contributed by atoms with Gasteiger partial charge in [0.05, 0.1) is 4.90 Å². The third-order valence-corrected chi connectivity index (χ3v) is 5.55. The first-order valence-electron chi connectivity index (χ1n) is 7.07. The van der Waals surface area contributed by atoms with Gasteiger partial charge in [-0.25, -0.2) is 8.42 Å². The van der Waals surface area contributed by atoms with E-state index in [1.165, 1.54) is 4.31 Å². The summed E-state index contributed by atoms with van der Waals surface area (Å²) < 4.78 is 27.1. The third kappa shape index (κ3) is 2.75. The highest BCUT2D eigenvalue weighted by Gasteiger charge is 2.22. The van der Waals surface area contributed by atoms with Crippen LogP contribution >= 0.6 is 0 Å². The van der Waals surface area contributed by atoms with Crippen LogP contribution in [0.15, 0.2) is 77.7 Å². The van der Waals surface area contributed by atoms with Crippen LogP contribution in [0.25, 0.3) is 10.8 Å². The van der Waals surface area contributed by atoms with E-state index in [0.29, 0.717) is 11.4 Å². The summed E-state index contributed by atoms with van der Waals surface area (Å²) in [5, 5.41) is 1.68. The normalized spacial score (nSPS) is 11.9. The Hall–Kier alpha value is -2.17. The molecule has 0 unspecified atom stereocenters. The standard InChI is InChI=1S/C18H17NO2S/c1-19(14-15-8-3-2-4-9-15)22(20,21)18-13-7-11-16-10-5-6-12-17(16)18/h2-13H,14H2,1H3. The van der Waals surface area contributed by atoms with Crippen LogP contribution in [0.2, 0.25) is 0 Å². The van der Waals surface area contributed by atoms with Crippen molar-refractivity contribution in [2.24, 2.45) is 0 Å². The van der Waals surface area contributed by atoms with Crippen molar-refractivity contribution in [1.29, 1.82) is 0 Å².